The molecular formula is C16H11ClN2O3. The molecule has 0 aliphatic carbocycles. The minimum Gasteiger partial charge on any atom is -0.465 e. The maximum atomic E-state index is 12.6. The van der Waals surface area contributed by atoms with Crippen molar-refractivity contribution in [2.24, 2.45) is 0 Å². The smallest absolute Gasteiger partial charge is 0.340 e. The molecule has 6 heteroatoms. The summed E-state index contributed by atoms with van der Waals surface area (Å²) in [4.78, 5) is 24.5. The van der Waals surface area contributed by atoms with Crippen molar-refractivity contribution in [3.63, 3.8) is 0 Å². The van der Waals surface area contributed by atoms with Crippen LogP contribution >= 0.6 is 11.6 Å². The van der Waals surface area contributed by atoms with Gasteiger partial charge in [0.1, 0.15) is 5.69 Å². The number of nitrogens with zero attached hydrogens (tertiary/aromatic N) is 2. The van der Waals surface area contributed by atoms with Crippen molar-refractivity contribution in [3.05, 3.63) is 70.5 Å². The van der Waals surface area contributed by atoms with Crippen molar-refractivity contribution in [1.29, 1.82) is 0 Å². The summed E-state index contributed by atoms with van der Waals surface area (Å²) in [5, 5.41) is 4.69. The van der Waals surface area contributed by atoms with Crippen LogP contribution in [0.5, 0.6) is 0 Å². The number of halogens is 1. The lowest BCUT2D eigenvalue weighted by molar-refractivity contribution is 0.0603. The molecule has 0 aliphatic rings. The first-order chi connectivity index (χ1) is 10.6. The number of fused-ring (bicyclic) bond motifs is 1. The van der Waals surface area contributed by atoms with Gasteiger partial charge in [-0.15, -0.1) is 0 Å². The molecule has 5 nitrogen and oxygen atoms in total. The van der Waals surface area contributed by atoms with E-state index < -0.39 is 5.97 Å². The van der Waals surface area contributed by atoms with Crippen molar-refractivity contribution in [3.8, 4) is 0 Å². The quantitative estimate of drug-likeness (QED) is 0.551. The second-order valence-corrected chi connectivity index (χ2v) is 5.03. The summed E-state index contributed by atoms with van der Waals surface area (Å²) in [7, 11) is 1.29. The Balaban J connectivity index is 2.16. The van der Waals surface area contributed by atoms with Crippen molar-refractivity contribution in [1.82, 2.24) is 9.61 Å². The lowest BCUT2D eigenvalue weighted by Gasteiger charge is -2.01. The second-order valence-electron chi connectivity index (χ2n) is 4.59. The van der Waals surface area contributed by atoms with Gasteiger partial charge in [0.05, 0.1) is 18.2 Å². The monoisotopic (exact) mass is 314 g/mol. The molecule has 2 heterocycles. The summed E-state index contributed by atoms with van der Waals surface area (Å²) in [5.41, 5.74) is 1.57. The van der Waals surface area contributed by atoms with Gasteiger partial charge in [0.15, 0.2) is 0 Å². The van der Waals surface area contributed by atoms with Crippen LogP contribution in [0.4, 0.5) is 0 Å². The van der Waals surface area contributed by atoms with E-state index in [0.29, 0.717) is 27.4 Å². The molecule has 0 atom stereocenters. The van der Waals surface area contributed by atoms with Crippen LogP contribution < -0.4 is 0 Å². The van der Waals surface area contributed by atoms with Gasteiger partial charge in [-0.1, -0.05) is 11.6 Å². The van der Waals surface area contributed by atoms with Crippen LogP contribution in [0.3, 0.4) is 0 Å². The summed E-state index contributed by atoms with van der Waals surface area (Å²) >= 11 is 5.83. The summed E-state index contributed by atoms with van der Waals surface area (Å²) in [6, 6.07) is 11.4. The van der Waals surface area contributed by atoms with Crippen molar-refractivity contribution < 1.29 is 14.3 Å². The van der Waals surface area contributed by atoms with Gasteiger partial charge < -0.3 is 4.74 Å². The average Bonchev–Trinajstić information content (AvgIpc) is 2.94. The van der Waals surface area contributed by atoms with Gasteiger partial charge in [-0.05, 0) is 42.5 Å². The Bertz CT molecular complexity index is 869. The number of methoxy groups -OCH3 is 1. The third kappa shape index (κ3) is 2.35. The first kappa shape index (κ1) is 14.3. The number of carbonyl (C=O) groups is 2. The molecule has 0 amide bonds. The standard InChI is InChI=1S/C16H11ClN2O3/c1-22-16(21)12-9-14(19-13(12)3-2-8-18-19)15(20)10-4-6-11(17)7-5-10/h2-9H,1H3. The third-order valence-corrected chi connectivity index (χ3v) is 3.53. The Hall–Kier alpha value is -2.66. The van der Waals surface area contributed by atoms with Crippen molar-refractivity contribution in [2.45, 2.75) is 0 Å². The van der Waals surface area contributed by atoms with E-state index in [9.17, 15) is 9.59 Å². The first-order valence-corrected chi connectivity index (χ1v) is 6.85. The van der Waals surface area contributed by atoms with E-state index in [2.05, 4.69) is 5.10 Å². The highest BCUT2D eigenvalue weighted by molar-refractivity contribution is 6.30. The van der Waals surface area contributed by atoms with Crippen LogP contribution in [0.2, 0.25) is 5.02 Å². The maximum absolute atomic E-state index is 12.6. The molecule has 0 bridgehead atoms. The lowest BCUT2D eigenvalue weighted by Crippen LogP contribution is -2.06. The largest absolute Gasteiger partial charge is 0.465 e. The van der Waals surface area contributed by atoms with Crippen LogP contribution in [-0.4, -0.2) is 28.5 Å². The van der Waals surface area contributed by atoms with Crippen LogP contribution in [0.1, 0.15) is 26.4 Å². The number of aromatic nitrogens is 2. The zero-order valence-electron chi connectivity index (χ0n) is 11.6. The van der Waals surface area contributed by atoms with Crippen molar-refractivity contribution >= 4 is 28.9 Å². The van der Waals surface area contributed by atoms with Crippen molar-refractivity contribution in [2.75, 3.05) is 7.11 Å². The molecule has 0 unspecified atom stereocenters. The summed E-state index contributed by atoms with van der Waals surface area (Å²) in [6.45, 7) is 0. The number of hydrogen-bond acceptors (Lipinski definition) is 4. The summed E-state index contributed by atoms with van der Waals surface area (Å²) in [6.07, 6.45) is 1.55. The van der Waals surface area contributed by atoms with E-state index in [1.165, 1.54) is 17.7 Å². The average molecular weight is 315 g/mol. The molecule has 0 saturated carbocycles. The number of hydrogen-bond donors (Lipinski definition) is 0. The van der Waals surface area contributed by atoms with E-state index >= 15 is 0 Å². The molecule has 0 fully saturated rings. The van der Waals surface area contributed by atoms with Gasteiger partial charge in [0, 0.05) is 16.8 Å². The van der Waals surface area contributed by atoms with E-state index in [-0.39, 0.29) is 5.78 Å². The molecule has 2 aromatic heterocycles. The number of ether oxygens (including phenoxy) is 1. The van der Waals surface area contributed by atoms with Crippen LogP contribution in [0, 0.1) is 0 Å². The minimum atomic E-state index is -0.513. The topological polar surface area (TPSA) is 60.7 Å². The molecule has 110 valence electrons. The fraction of sp³-hybridized carbons (Fsp3) is 0.0625. The Morgan fingerprint density at radius 1 is 1.18 bits per heavy atom. The highest BCUT2D eigenvalue weighted by Crippen LogP contribution is 2.20. The first-order valence-electron chi connectivity index (χ1n) is 6.47. The second kappa shape index (κ2) is 5.61. The number of esters is 1. The molecule has 0 N–H and O–H groups in total. The fourth-order valence-corrected chi connectivity index (χ4v) is 2.35. The van der Waals surface area contributed by atoms with Gasteiger partial charge in [-0.25, -0.2) is 9.31 Å². The predicted octanol–water partition coefficient (Wildman–Crippen LogP) is 3.01. The molecule has 0 saturated heterocycles. The van der Waals surface area contributed by atoms with Crippen LogP contribution in [0.25, 0.3) is 5.52 Å². The number of benzene rings is 1. The number of ketones is 1. The molecule has 0 spiro atoms. The maximum Gasteiger partial charge on any atom is 0.340 e. The number of rotatable bonds is 3. The van der Waals surface area contributed by atoms with Crippen LogP contribution in [0.15, 0.2) is 48.7 Å². The van der Waals surface area contributed by atoms with Gasteiger partial charge in [0.25, 0.3) is 0 Å². The molecule has 0 radical (unpaired) electrons. The van der Waals surface area contributed by atoms with E-state index in [4.69, 9.17) is 16.3 Å². The van der Waals surface area contributed by atoms with Gasteiger partial charge >= 0.3 is 5.97 Å². The van der Waals surface area contributed by atoms with Gasteiger partial charge in [-0.3, -0.25) is 4.79 Å². The van der Waals surface area contributed by atoms with Gasteiger partial charge in [0.2, 0.25) is 5.78 Å². The summed E-state index contributed by atoms with van der Waals surface area (Å²) < 4.78 is 6.18. The predicted molar refractivity (Wildman–Crippen MR) is 81.4 cm³/mol. The minimum absolute atomic E-state index is 0.250. The molecular weight excluding hydrogens is 304 g/mol. The van der Waals surface area contributed by atoms with E-state index in [1.807, 2.05) is 0 Å². The van der Waals surface area contributed by atoms with E-state index in [1.54, 1.807) is 42.6 Å². The molecule has 0 aliphatic heterocycles. The lowest BCUT2D eigenvalue weighted by atomic mass is 10.1. The SMILES string of the molecule is COC(=O)c1cc(C(=O)c2ccc(Cl)cc2)n2ncccc12. The van der Waals surface area contributed by atoms with E-state index in [0.717, 1.165) is 0 Å². The number of carbonyl (C=O) groups excluding carboxylic acids is 2. The summed E-state index contributed by atoms with van der Waals surface area (Å²) in [5.74, 6) is -0.763. The molecule has 22 heavy (non-hydrogen) atoms. The fourth-order valence-electron chi connectivity index (χ4n) is 2.22. The highest BCUT2D eigenvalue weighted by Gasteiger charge is 2.21. The Morgan fingerprint density at radius 3 is 2.59 bits per heavy atom. The zero-order chi connectivity index (χ0) is 15.7. The Morgan fingerprint density at radius 2 is 1.91 bits per heavy atom. The molecule has 3 aromatic rings. The van der Waals surface area contributed by atoms with Crippen LogP contribution in [-0.2, 0) is 4.74 Å². The van der Waals surface area contributed by atoms with Gasteiger partial charge in [-0.2, -0.15) is 5.10 Å². The highest BCUT2D eigenvalue weighted by atomic mass is 35.5. The molecule has 3 rings (SSSR count). The Kier molecular flexibility index (Phi) is 3.65. The molecule has 1 aromatic carbocycles. The third-order valence-electron chi connectivity index (χ3n) is 3.28. The Labute approximate surface area is 131 Å². The normalized spacial score (nSPS) is 10.6. The zero-order valence-corrected chi connectivity index (χ0v) is 12.4.